The maximum absolute atomic E-state index is 12.3. The molecule has 0 saturated carbocycles. The minimum Gasteiger partial charge on any atom is -0.321 e. The van der Waals surface area contributed by atoms with Crippen molar-refractivity contribution in [3.8, 4) is 0 Å². The summed E-state index contributed by atoms with van der Waals surface area (Å²) >= 11 is 7.67. The van der Waals surface area contributed by atoms with E-state index in [0.717, 1.165) is 4.90 Å². The molecule has 0 radical (unpaired) electrons. The van der Waals surface area contributed by atoms with Gasteiger partial charge in [-0.3, -0.25) is 4.79 Å². The molecule has 1 heterocycles. The van der Waals surface area contributed by atoms with Gasteiger partial charge < -0.3 is 5.32 Å². The summed E-state index contributed by atoms with van der Waals surface area (Å²) < 4.78 is 0. The lowest BCUT2D eigenvalue weighted by Gasteiger charge is -2.09. The summed E-state index contributed by atoms with van der Waals surface area (Å²) in [6, 6.07) is 7.59. The second kappa shape index (κ2) is 6.91. The standard InChI is InChI=1S/C15H16ClN3OS/c1-9(2)14-17-8-12(16)13(19-14)15(20)18-10-4-6-11(21-3)7-5-10/h4-9H,1-3H3,(H,18,20). The van der Waals surface area contributed by atoms with Gasteiger partial charge in [0.25, 0.3) is 5.91 Å². The molecule has 1 aromatic carbocycles. The summed E-state index contributed by atoms with van der Waals surface area (Å²) in [7, 11) is 0. The van der Waals surface area contributed by atoms with E-state index in [2.05, 4.69) is 15.3 Å². The second-order valence-electron chi connectivity index (χ2n) is 4.76. The molecule has 0 fully saturated rings. The lowest BCUT2D eigenvalue weighted by molar-refractivity contribution is 0.102. The van der Waals surface area contributed by atoms with Crippen molar-refractivity contribution < 1.29 is 4.79 Å². The molecule has 1 aromatic heterocycles. The van der Waals surface area contributed by atoms with Gasteiger partial charge in [0.2, 0.25) is 0 Å². The number of aromatic nitrogens is 2. The maximum atomic E-state index is 12.3. The molecular formula is C15H16ClN3OS. The number of amides is 1. The van der Waals surface area contributed by atoms with E-state index in [1.165, 1.54) is 6.20 Å². The van der Waals surface area contributed by atoms with Crippen LogP contribution in [0.1, 0.15) is 36.1 Å². The van der Waals surface area contributed by atoms with Crippen LogP contribution in [0.5, 0.6) is 0 Å². The third-order valence-electron chi connectivity index (χ3n) is 2.84. The molecule has 0 spiro atoms. The van der Waals surface area contributed by atoms with Crippen LogP contribution in [0.3, 0.4) is 0 Å². The number of carbonyl (C=O) groups excluding carboxylic acids is 1. The van der Waals surface area contributed by atoms with Crippen LogP contribution in [0.2, 0.25) is 5.02 Å². The first-order chi connectivity index (χ1) is 10.0. The van der Waals surface area contributed by atoms with E-state index in [1.807, 2.05) is 44.4 Å². The van der Waals surface area contributed by atoms with Crippen LogP contribution in [-0.2, 0) is 0 Å². The van der Waals surface area contributed by atoms with E-state index in [4.69, 9.17) is 11.6 Å². The van der Waals surface area contributed by atoms with Crippen molar-refractivity contribution in [2.24, 2.45) is 0 Å². The van der Waals surface area contributed by atoms with Crippen LogP contribution in [0.4, 0.5) is 5.69 Å². The highest BCUT2D eigenvalue weighted by molar-refractivity contribution is 7.98. The predicted octanol–water partition coefficient (Wildman–Crippen LogP) is 4.23. The van der Waals surface area contributed by atoms with Crippen molar-refractivity contribution in [2.45, 2.75) is 24.7 Å². The number of hydrogen-bond acceptors (Lipinski definition) is 4. The zero-order chi connectivity index (χ0) is 15.4. The molecule has 1 amide bonds. The molecule has 21 heavy (non-hydrogen) atoms. The Hall–Kier alpha value is -1.59. The van der Waals surface area contributed by atoms with Gasteiger partial charge in [-0.25, -0.2) is 9.97 Å². The van der Waals surface area contributed by atoms with E-state index in [0.29, 0.717) is 11.5 Å². The van der Waals surface area contributed by atoms with E-state index in [1.54, 1.807) is 11.8 Å². The Kier molecular flexibility index (Phi) is 5.20. The Bertz CT molecular complexity index is 644. The third-order valence-corrected chi connectivity index (χ3v) is 3.86. The van der Waals surface area contributed by atoms with Gasteiger partial charge in [-0.1, -0.05) is 25.4 Å². The quantitative estimate of drug-likeness (QED) is 0.856. The number of nitrogens with zero attached hydrogens (tertiary/aromatic N) is 2. The smallest absolute Gasteiger partial charge is 0.275 e. The molecule has 0 bridgehead atoms. The lowest BCUT2D eigenvalue weighted by atomic mass is 10.2. The molecule has 6 heteroatoms. The van der Waals surface area contributed by atoms with Gasteiger partial charge in [0.05, 0.1) is 11.2 Å². The molecule has 0 atom stereocenters. The van der Waals surface area contributed by atoms with Gasteiger partial charge in [0.15, 0.2) is 5.69 Å². The summed E-state index contributed by atoms with van der Waals surface area (Å²) in [6.07, 6.45) is 3.47. The van der Waals surface area contributed by atoms with E-state index in [9.17, 15) is 4.79 Å². The number of thioether (sulfide) groups is 1. The van der Waals surface area contributed by atoms with Gasteiger partial charge in [-0.05, 0) is 30.5 Å². The van der Waals surface area contributed by atoms with Gasteiger partial charge >= 0.3 is 0 Å². The molecule has 0 saturated heterocycles. The Labute approximate surface area is 133 Å². The highest BCUT2D eigenvalue weighted by Crippen LogP contribution is 2.20. The number of rotatable bonds is 4. The van der Waals surface area contributed by atoms with Crippen LogP contribution in [-0.4, -0.2) is 22.1 Å². The van der Waals surface area contributed by atoms with Gasteiger partial charge in [0, 0.05) is 16.5 Å². The Morgan fingerprint density at radius 2 is 1.95 bits per heavy atom. The lowest BCUT2D eigenvalue weighted by Crippen LogP contribution is -2.16. The van der Waals surface area contributed by atoms with Gasteiger partial charge in [-0.15, -0.1) is 11.8 Å². The van der Waals surface area contributed by atoms with Crippen LogP contribution >= 0.6 is 23.4 Å². The number of nitrogens with one attached hydrogen (secondary N) is 1. The first kappa shape index (κ1) is 15.8. The molecular weight excluding hydrogens is 306 g/mol. The van der Waals surface area contributed by atoms with Crippen LogP contribution in [0.15, 0.2) is 35.4 Å². The van der Waals surface area contributed by atoms with Gasteiger partial charge in [0.1, 0.15) is 5.82 Å². The Balaban J connectivity index is 2.21. The molecule has 0 unspecified atom stereocenters. The Morgan fingerprint density at radius 1 is 1.29 bits per heavy atom. The molecule has 2 rings (SSSR count). The molecule has 0 aliphatic heterocycles. The van der Waals surface area contributed by atoms with Gasteiger partial charge in [-0.2, -0.15) is 0 Å². The van der Waals surface area contributed by atoms with Crippen molar-refractivity contribution in [3.05, 3.63) is 47.0 Å². The van der Waals surface area contributed by atoms with Crippen LogP contribution in [0.25, 0.3) is 0 Å². The zero-order valence-corrected chi connectivity index (χ0v) is 13.6. The Morgan fingerprint density at radius 3 is 2.52 bits per heavy atom. The van der Waals surface area contributed by atoms with Crippen molar-refractivity contribution >= 4 is 35.0 Å². The number of carbonyl (C=O) groups is 1. The van der Waals surface area contributed by atoms with Crippen molar-refractivity contribution in [1.29, 1.82) is 0 Å². The SMILES string of the molecule is CSc1ccc(NC(=O)c2nc(C(C)C)ncc2Cl)cc1. The number of hydrogen-bond donors (Lipinski definition) is 1. The van der Waals surface area contributed by atoms with E-state index in [-0.39, 0.29) is 22.5 Å². The minimum atomic E-state index is -0.332. The second-order valence-corrected chi connectivity index (χ2v) is 6.05. The first-order valence-corrected chi connectivity index (χ1v) is 8.09. The van der Waals surface area contributed by atoms with E-state index >= 15 is 0 Å². The fraction of sp³-hybridized carbons (Fsp3) is 0.267. The summed E-state index contributed by atoms with van der Waals surface area (Å²) in [6.45, 7) is 3.93. The predicted molar refractivity (Wildman–Crippen MR) is 87.3 cm³/mol. The summed E-state index contributed by atoms with van der Waals surface area (Å²) in [4.78, 5) is 21.8. The largest absolute Gasteiger partial charge is 0.321 e. The molecule has 2 aromatic rings. The fourth-order valence-electron chi connectivity index (χ4n) is 1.68. The number of anilines is 1. The fourth-order valence-corrected chi connectivity index (χ4v) is 2.27. The highest BCUT2D eigenvalue weighted by Gasteiger charge is 2.15. The van der Waals surface area contributed by atoms with E-state index < -0.39 is 0 Å². The van der Waals surface area contributed by atoms with Crippen molar-refractivity contribution in [2.75, 3.05) is 11.6 Å². The molecule has 1 N–H and O–H groups in total. The van der Waals surface area contributed by atoms with Crippen molar-refractivity contribution in [1.82, 2.24) is 9.97 Å². The summed E-state index contributed by atoms with van der Waals surface area (Å²) in [5, 5.41) is 3.04. The van der Waals surface area contributed by atoms with Crippen molar-refractivity contribution in [3.63, 3.8) is 0 Å². The molecule has 0 aliphatic rings. The topological polar surface area (TPSA) is 54.9 Å². The minimum absolute atomic E-state index is 0.134. The maximum Gasteiger partial charge on any atom is 0.275 e. The molecule has 4 nitrogen and oxygen atoms in total. The van der Waals surface area contributed by atoms with Crippen LogP contribution in [0, 0.1) is 0 Å². The average molecular weight is 322 g/mol. The third kappa shape index (κ3) is 3.95. The molecule has 110 valence electrons. The summed E-state index contributed by atoms with van der Waals surface area (Å²) in [5.41, 5.74) is 0.905. The number of halogens is 1. The highest BCUT2D eigenvalue weighted by atomic mass is 35.5. The zero-order valence-electron chi connectivity index (χ0n) is 12.1. The summed E-state index contributed by atoms with van der Waals surface area (Å²) in [5.74, 6) is 0.401. The normalized spacial score (nSPS) is 10.7. The molecule has 0 aliphatic carbocycles. The monoisotopic (exact) mass is 321 g/mol. The average Bonchev–Trinajstić information content (AvgIpc) is 2.48. The van der Waals surface area contributed by atoms with Crippen LogP contribution < -0.4 is 5.32 Å². The number of benzene rings is 1. The first-order valence-electron chi connectivity index (χ1n) is 6.49.